The van der Waals surface area contributed by atoms with Gasteiger partial charge in [0.2, 0.25) is 0 Å². The van der Waals surface area contributed by atoms with Gasteiger partial charge in [0.25, 0.3) is 0 Å². The fourth-order valence-electron chi connectivity index (χ4n) is 3.57. The van der Waals surface area contributed by atoms with Gasteiger partial charge in [0.1, 0.15) is 17.6 Å². The Bertz CT molecular complexity index is 537. The van der Waals surface area contributed by atoms with Crippen LogP contribution in [-0.2, 0) is 4.74 Å². The lowest BCUT2D eigenvalue weighted by molar-refractivity contribution is -0.0558. The summed E-state index contributed by atoms with van der Waals surface area (Å²) >= 11 is 0. The number of rotatable bonds is 4. The summed E-state index contributed by atoms with van der Waals surface area (Å²) in [6.45, 7) is 1.02. The highest BCUT2D eigenvalue weighted by atomic mass is 16.5. The van der Waals surface area contributed by atoms with Crippen LogP contribution in [0.4, 0.5) is 0 Å². The first kappa shape index (κ1) is 15.2. The zero-order chi connectivity index (χ0) is 15.7. The molecule has 2 aliphatic heterocycles. The van der Waals surface area contributed by atoms with Crippen LogP contribution >= 0.6 is 0 Å². The van der Waals surface area contributed by atoms with E-state index in [0.717, 1.165) is 19.4 Å². The molecule has 0 aromatic heterocycles. The summed E-state index contributed by atoms with van der Waals surface area (Å²) in [5.74, 6) is 1.34. The quantitative estimate of drug-likeness (QED) is 0.799. The minimum atomic E-state index is -0.294. The topological polar surface area (TPSA) is 48.0 Å². The lowest BCUT2D eigenvalue weighted by Gasteiger charge is -2.47. The Balaban J connectivity index is 1.72. The number of hydrogen-bond donors (Lipinski definition) is 0. The van der Waals surface area contributed by atoms with Crippen molar-refractivity contribution in [1.82, 2.24) is 4.90 Å². The Hall–Kier alpha value is -1.75. The highest BCUT2D eigenvalue weighted by Crippen LogP contribution is 2.36. The fraction of sp³-hybridized carbons (Fsp3) is 0.588. The molecule has 3 fully saturated rings. The summed E-state index contributed by atoms with van der Waals surface area (Å²) in [4.78, 5) is 14.8. The summed E-state index contributed by atoms with van der Waals surface area (Å²) in [7, 11) is 5.29. The van der Waals surface area contributed by atoms with Gasteiger partial charge in [-0.3, -0.25) is 0 Å². The van der Waals surface area contributed by atoms with E-state index in [1.807, 2.05) is 0 Å². The highest BCUT2D eigenvalue weighted by Gasteiger charge is 2.40. The van der Waals surface area contributed by atoms with E-state index < -0.39 is 0 Å². The molecule has 0 radical (unpaired) electrons. The molecular formula is C17H23NO4. The molecule has 0 amide bonds. The summed E-state index contributed by atoms with van der Waals surface area (Å²) in [6, 6.07) is 5.67. The van der Waals surface area contributed by atoms with Gasteiger partial charge in [0, 0.05) is 31.0 Å². The first-order valence-electron chi connectivity index (χ1n) is 7.75. The third-order valence-electron chi connectivity index (χ3n) is 4.89. The molecular weight excluding hydrogens is 282 g/mol. The van der Waals surface area contributed by atoms with Crippen LogP contribution in [0, 0.1) is 5.92 Å². The van der Waals surface area contributed by atoms with Gasteiger partial charge in [-0.15, -0.1) is 0 Å². The van der Waals surface area contributed by atoms with Crippen LogP contribution in [0.3, 0.4) is 0 Å². The number of nitrogens with zero attached hydrogens (tertiary/aromatic N) is 1. The van der Waals surface area contributed by atoms with Crippen LogP contribution in [0.2, 0.25) is 0 Å². The maximum Gasteiger partial charge on any atom is 0.338 e. The van der Waals surface area contributed by atoms with Crippen LogP contribution in [0.15, 0.2) is 18.2 Å². The van der Waals surface area contributed by atoms with E-state index in [4.69, 9.17) is 14.2 Å². The number of benzene rings is 1. The largest absolute Gasteiger partial charge is 0.497 e. The van der Waals surface area contributed by atoms with Crippen molar-refractivity contribution in [2.24, 2.45) is 5.92 Å². The molecule has 0 unspecified atom stereocenters. The van der Waals surface area contributed by atoms with Crippen molar-refractivity contribution in [3.63, 3.8) is 0 Å². The third-order valence-corrected chi connectivity index (χ3v) is 4.89. The van der Waals surface area contributed by atoms with Gasteiger partial charge in [-0.2, -0.15) is 0 Å². The van der Waals surface area contributed by atoms with Gasteiger partial charge >= 0.3 is 5.97 Å². The lowest BCUT2D eigenvalue weighted by Crippen LogP contribution is -2.53. The van der Waals surface area contributed by atoms with Crippen molar-refractivity contribution >= 4 is 5.97 Å². The fourth-order valence-corrected chi connectivity index (χ4v) is 3.57. The Morgan fingerprint density at radius 2 is 1.82 bits per heavy atom. The molecule has 0 spiro atoms. The Morgan fingerprint density at radius 3 is 2.32 bits per heavy atom. The molecule has 1 saturated carbocycles. The van der Waals surface area contributed by atoms with E-state index in [9.17, 15) is 4.79 Å². The van der Waals surface area contributed by atoms with Crippen molar-refractivity contribution in [1.29, 1.82) is 0 Å². The van der Waals surface area contributed by atoms with E-state index in [0.29, 0.717) is 29.0 Å². The van der Waals surface area contributed by atoms with Crippen LogP contribution in [0.1, 0.15) is 29.6 Å². The molecule has 2 heterocycles. The molecule has 0 N–H and O–H groups in total. The number of methoxy groups -OCH3 is 2. The second kappa shape index (κ2) is 6.16. The van der Waals surface area contributed by atoms with E-state index in [1.165, 1.54) is 6.42 Å². The van der Waals surface area contributed by atoms with Gasteiger partial charge in [-0.1, -0.05) is 0 Å². The second-order valence-corrected chi connectivity index (χ2v) is 6.21. The minimum Gasteiger partial charge on any atom is -0.497 e. The molecule has 1 aliphatic carbocycles. The van der Waals surface area contributed by atoms with Crippen LogP contribution in [0.25, 0.3) is 0 Å². The van der Waals surface area contributed by atoms with Crippen LogP contribution < -0.4 is 9.47 Å². The number of hydrogen-bond acceptors (Lipinski definition) is 5. The standard InChI is InChI=1S/C17H23NO4/c1-18-10-11-4-5-13(18)8-16(11)22-17(19)12-6-14(20-2)9-15(7-12)21-3/h6-7,9,11,13,16H,4-5,8,10H2,1-3H3/t11-,13-,16-/m1/s1. The Kier molecular flexibility index (Phi) is 4.25. The summed E-state index contributed by atoms with van der Waals surface area (Å²) in [5, 5.41) is 0. The zero-order valence-electron chi connectivity index (χ0n) is 13.4. The van der Waals surface area contributed by atoms with E-state index >= 15 is 0 Å². The maximum absolute atomic E-state index is 12.5. The van der Waals surface area contributed by atoms with Crippen molar-refractivity contribution in [2.45, 2.75) is 31.4 Å². The summed E-state index contributed by atoms with van der Waals surface area (Å²) in [6.07, 6.45) is 3.32. The first-order valence-corrected chi connectivity index (χ1v) is 7.75. The van der Waals surface area contributed by atoms with Crippen molar-refractivity contribution in [2.75, 3.05) is 27.8 Å². The van der Waals surface area contributed by atoms with Gasteiger partial charge in [-0.25, -0.2) is 4.79 Å². The Morgan fingerprint density at radius 1 is 1.14 bits per heavy atom. The minimum absolute atomic E-state index is 0.0274. The molecule has 1 aromatic carbocycles. The summed E-state index contributed by atoms with van der Waals surface area (Å²) in [5.41, 5.74) is 0.478. The molecule has 3 atom stereocenters. The maximum atomic E-state index is 12.5. The van der Waals surface area contributed by atoms with Gasteiger partial charge in [-0.05, 0) is 32.0 Å². The Labute approximate surface area is 131 Å². The molecule has 4 rings (SSSR count). The second-order valence-electron chi connectivity index (χ2n) is 6.21. The first-order chi connectivity index (χ1) is 10.6. The van der Waals surface area contributed by atoms with Gasteiger partial charge in [0.05, 0.1) is 19.8 Å². The van der Waals surface area contributed by atoms with Crippen molar-refractivity contribution in [3.05, 3.63) is 23.8 Å². The van der Waals surface area contributed by atoms with Crippen LogP contribution in [0.5, 0.6) is 11.5 Å². The SMILES string of the molecule is COc1cc(OC)cc(C(=O)O[C@@H]2C[C@H]3CC[C@@H]2CN3C)c1. The smallest absolute Gasteiger partial charge is 0.338 e. The molecule has 120 valence electrons. The van der Waals surface area contributed by atoms with Crippen LogP contribution in [-0.4, -0.2) is 50.8 Å². The van der Waals surface area contributed by atoms with Gasteiger partial charge < -0.3 is 19.1 Å². The summed E-state index contributed by atoms with van der Waals surface area (Å²) < 4.78 is 16.2. The number of piperidine rings is 2. The number of esters is 1. The molecule has 2 saturated heterocycles. The zero-order valence-corrected chi connectivity index (χ0v) is 13.4. The van der Waals surface area contributed by atoms with E-state index in [2.05, 4.69) is 11.9 Å². The predicted molar refractivity (Wildman–Crippen MR) is 82.5 cm³/mol. The van der Waals surface area contributed by atoms with Gasteiger partial charge in [0.15, 0.2) is 0 Å². The predicted octanol–water partition coefficient (Wildman–Crippen LogP) is 2.34. The average Bonchev–Trinajstić information content (AvgIpc) is 2.55. The van der Waals surface area contributed by atoms with Crippen molar-refractivity contribution in [3.8, 4) is 11.5 Å². The molecule has 3 aliphatic rings. The average molecular weight is 305 g/mol. The third kappa shape index (κ3) is 2.90. The highest BCUT2D eigenvalue weighted by molar-refractivity contribution is 5.90. The number of carbonyl (C=O) groups excluding carboxylic acids is 1. The van der Waals surface area contributed by atoms with E-state index in [-0.39, 0.29) is 12.1 Å². The molecule has 22 heavy (non-hydrogen) atoms. The van der Waals surface area contributed by atoms with E-state index in [1.54, 1.807) is 32.4 Å². The molecule has 5 nitrogen and oxygen atoms in total. The number of carbonyl (C=O) groups is 1. The molecule has 1 aromatic rings. The molecule has 2 bridgehead atoms. The van der Waals surface area contributed by atoms with Crippen molar-refractivity contribution < 1.29 is 19.0 Å². The number of ether oxygens (including phenoxy) is 3. The molecule has 5 heteroatoms. The normalized spacial score (nSPS) is 27.5. The number of fused-ring (bicyclic) bond motifs is 3. The monoisotopic (exact) mass is 305 g/mol. The lowest BCUT2D eigenvalue weighted by atomic mass is 9.78.